The van der Waals surface area contributed by atoms with Crippen LogP contribution in [0.15, 0.2) is 22.7 Å². The van der Waals surface area contributed by atoms with E-state index in [2.05, 4.69) is 73.5 Å². The van der Waals surface area contributed by atoms with E-state index in [4.69, 9.17) is 0 Å². The van der Waals surface area contributed by atoms with E-state index in [9.17, 15) is 0 Å². The normalized spacial score (nSPS) is 20.0. The maximum Gasteiger partial charge on any atom is 0.0357 e. The maximum atomic E-state index is 3.53. The van der Waals surface area contributed by atoms with E-state index in [-0.39, 0.29) is 5.54 Å². The van der Waals surface area contributed by atoms with Gasteiger partial charge in [-0.05, 0) is 52.6 Å². The number of benzene rings is 1. The molecule has 1 nitrogen and oxygen atoms in total. The van der Waals surface area contributed by atoms with Crippen LogP contribution >= 0.6 is 46.3 Å². The second kappa shape index (κ2) is 4.55. The fraction of sp³-hybridized carbons (Fsp3) is 0.455. The Labute approximate surface area is 116 Å². The van der Waals surface area contributed by atoms with Crippen LogP contribution in [-0.2, 0) is 13.0 Å². The van der Waals surface area contributed by atoms with Gasteiger partial charge in [-0.15, -0.1) is 0 Å². The van der Waals surface area contributed by atoms with Crippen molar-refractivity contribution in [2.75, 3.05) is 0 Å². The van der Waals surface area contributed by atoms with Gasteiger partial charge in [-0.25, -0.2) is 4.31 Å². The van der Waals surface area contributed by atoms with Gasteiger partial charge in [0.2, 0.25) is 0 Å². The molecule has 0 bridgehead atoms. The van der Waals surface area contributed by atoms with E-state index in [0.29, 0.717) is 0 Å². The van der Waals surface area contributed by atoms with Crippen molar-refractivity contribution >= 4 is 46.3 Å². The largest absolute Gasteiger partial charge is 0.231 e. The number of fused-ring (bicyclic) bond motifs is 1. The van der Waals surface area contributed by atoms with Gasteiger partial charge >= 0.3 is 0 Å². The molecule has 1 aromatic carbocycles. The smallest absolute Gasteiger partial charge is 0.0357 e. The van der Waals surface area contributed by atoms with Crippen LogP contribution in [0.2, 0.25) is 0 Å². The fourth-order valence-corrected chi connectivity index (χ4v) is 4.82. The minimum absolute atomic E-state index is 0.257. The third-order valence-electron chi connectivity index (χ3n) is 2.86. The molecule has 1 aromatic rings. The highest BCUT2D eigenvalue weighted by atomic mass is 127. The molecule has 0 amide bonds. The summed E-state index contributed by atoms with van der Waals surface area (Å²) in [6.45, 7) is 5.66. The van der Waals surface area contributed by atoms with Gasteiger partial charge in [-0.2, -0.15) is 0 Å². The number of rotatable bonds is 1. The highest BCUT2D eigenvalue weighted by molar-refractivity contribution is 14.2. The van der Waals surface area contributed by atoms with Crippen LogP contribution in [0.3, 0.4) is 0 Å². The molecule has 0 spiro atoms. The molecule has 0 aromatic heterocycles. The molecule has 15 heavy (non-hydrogen) atoms. The SMILES string of the molecule is CC1(C)Cc2ccc(Br)cc2CN1SI. The number of hydrogen-bond donors (Lipinski definition) is 0. The first-order valence-electron chi connectivity index (χ1n) is 4.86. The Morgan fingerprint density at radius 2 is 2.13 bits per heavy atom. The molecule has 0 fully saturated rings. The lowest BCUT2D eigenvalue weighted by Crippen LogP contribution is -2.43. The summed E-state index contributed by atoms with van der Waals surface area (Å²) < 4.78 is 3.63. The lowest BCUT2D eigenvalue weighted by Gasteiger charge is -2.41. The molecule has 82 valence electrons. The van der Waals surface area contributed by atoms with Crippen molar-refractivity contribution in [3.05, 3.63) is 33.8 Å². The zero-order valence-electron chi connectivity index (χ0n) is 8.76. The predicted molar refractivity (Wildman–Crippen MR) is 79.1 cm³/mol. The quantitative estimate of drug-likeness (QED) is 0.503. The molecule has 0 radical (unpaired) electrons. The first-order chi connectivity index (χ1) is 7.03. The van der Waals surface area contributed by atoms with E-state index in [1.165, 1.54) is 15.6 Å². The molecule has 0 unspecified atom stereocenters. The van der Waals surface area contributed by atoms with Gasteiger partial charge in [0.25, 0.3) is 0 Å². The minimum Gasteiger partial charge on any atom is -0.231 e. The Morgan fingerprint density at radius 1 is 1.40 bits per heavy atom. The topological polar surface area (TPSA) is 3.24 Å². The Hall–Kier alpha value is 0.740. The summed E-state index contributed by atoms with van der Waals surface area (Å²) in [6, 6.07) is 6.63. The Morgan fingerprint density at radius 3 is 2.80 bits per heavy atom. The molecular weight excluding hydrogens is 385 g/mol. The summed E-state index contributed by atoms with van der Waals surface area (Å²) in [5.41, 5.74) is 3.20. The molecule has 0 saturated heterocycles. The lowest BCUT2D eigenvalue weighted by atomic mass is 9.88. The summed E-state index contributed by atoms with van der Waals surface area (Å²) in [4.78, 5) is 0. The molecule has 4 heteroatoms. The molecule has 0 saturated carbocycles. The highest BCUT2D eigenvalue weighted by Crippen LogP contribution is 2.38. The highest BCUT2D eigenvalue weighted by Gasteiger charge is 2.32. The van der Waals surface area contributed by atoms with Gasteiger partial charge in [0.15, 0.2) is 0 Å². The summed E-state index contributed by atoms with van der Waals surface area (Å²) >= 11 is 5.90. The predicted octanol–water partition coefficient (Wildman–Crippen LogP) is 4.58. The summed E-state index contributed by atoms with van der Waals surface area (Å²) in [7, 11) is 1.81. The standard InChI is InChI=1S/C11H13BrINS/c1-11(2)6-8-3-4-10(12)5-9(8)7-14(11)15-13/h3-5H,6-7H2,1-2H3. The second-order valence-corrected chi connectivity index (χ2v) is 7.18. The Bertz CT molecular complexity index is 381. The first-order valence-corrected chi connectivity index (χ1v) is 8.97. The second-order valence-electron chi connectivity index (χ2n) is 4.51. The van der Waals surface area contributed by atoms with Crippen LogP contribution in [-0.4, -0.2) is 9.84 Å². The van der Waals surface area contributed by atoms with Gasteiger partial charge in [-0.1, -0.05) is 22.0 Å². The third kappa shape index (κ3) is 2.53. The van der Waals surface area contributed by atoms with E-state index in [0.717, 1.165) is 13.0 Å². The molecule has 0 atom stereocenters. The average molecular weight is 398 g/mol. The third-order valence-corrected chi connectivity index (χ3v) is 5.57. The van der Waals surface area contributed by atoms with Crippen molar-refractivity contribution in [3.8, 4) is 0 Å². The van der Waals surface area contributed by atoms with Crippen LogP contribution in [0.1, 0.15) is 25.0 Å². The van der Waals surface area contributed by atoms with E-state index in [1.807, 2.05) is 9.12 Å². The van der Waals surface area contributed by atoms with Gasteiger partial charge in [0.05, 0.1) is 0 Å². The molecular formula is C11H13BrINS. The zero-order chi connectivity index (χ0) is 11.1. The summed E-state index contributed by atoms with van der Waals surface area (Å²) in [5, 5.41) is 0. The molecule has 0 N–H and O–H groups in total. The van der Waals surface area contributed by atoms with Crippen LogP contribution in [0.5, 0.6) is 0 Å². The molecule has 1 aliphatic rings. The first kappa shape index (κ1) is 12.2. The van der Waals surface area contributed by atoms with E-state index >= 15 is 0 Å². The van der Waals surface area contributed by atoms with Crippen LogP contribution < -0.4 is 0 Å². The zero-order valence-corrected chi connectivity index (χ0v) is 13.3. The Kier molecular flexibility index (Phi) is 3.70. The molecule has 1 aliphatic heterocycles. The molecule has 0 aliphatic carbocycles. The summed E-state index contributed by atoms with van der Waals surface area (Å²) in [5.74, 6) is 0. The molecule has 1 heterocycles. The van der Waals surface area contributed by atoms with Gasteiger partial charge < -0.3 is 0 Å². The minimum atomic E-state index is 0.257. The van der Waals surface area contributed by atoms with Crippen molar-refractivity contribution in [1.29, 1.82) is 0 Å². The van der Waals surface area contributed by atoms with Crippen molar-refractivity contribution in [1.82, 2.24) is 4.31 Å². The van der Waals surface area contributed by atoms with E-state index < -0.39 is 0 Å². The maximum absolute atomic E-state index is 3.53. The van der Waals surface area contributed by atoms with Gasteiger partial charge in [0.1, 0.15) is 0 Å². The number of hydrogen-bond acceptors (Lipinski definition) is 2. The van der Waals surface area contributed by atoms with Gasteiger partial charge in [0, 0.05) is 37.8 Å². The fourth-order valence-electron chi connectivity index (χ4n) is 1.95. The van der Waals surface area contributed by atoms with Gasteiger partial charge in [-0.3, -0.25) is 0 Å². The molecule has 2 rings (SSSR count). The number of halogens is 2. The summed E-state index contributed by atoms with van der Waals surface area (Å²) in [6.07, 6.45) is 1.13. The van der Waals surface area contributed by atoms with Crippen molar-refractivity contribution in [2.24, 2.45) is 0 Å². The lowest BCUT2D eigenvalue weighted by molar-refractivity contribution is 0.226. The van der Waals surface area contributed by atoms with Crippen LogP contribution in [0.4, 0.5) is 0 Å². The van der Waals surface area contributed by atoms with Crippen molar-refractivity contribution < 1.29 is 0 Å². The van der Waals surface area contributed by atoms with E-state index in [1.54, 1.807) is 0 Å². The van der Waals surface area contributed by atoms with Crippen molar-refractivity contribution in [2.45, 2.75) is 32.4 Å². The van der Waals surface area contributed by atoms with Crippen LogP contribution in [0.25, 0.3) is 0 Å². The van der Waals surface area contributed by atoms with Crippen molar-refractivity contribution in [3.63, 3.8) is 0 Å². The van der Waals surface area contributed by atoms with Crippen LogP contribution in [0, 0.1) is 0 Å². The monoisotopic (exact) mass is 397 g/mol. The Balaban J connectivity index is 2.38. The average Bonchev–Trinajstić information content (AvgIpc) is 2.17. The number of nitrogens with zero attached hydrogens (tertiary/aromatic N) is 1.